The number of ether oxygens (including phenoxy) is 1. The van der Waals surface area contributed by atoms with Crippen molar-refractivity contribution in [3.05, 3.63) is 0 Å². The summed E-state index contributed by atoms with van der Waals surface area (Å²) in [4.78, 5) is 11.6. The molecule has 1 unspecified atom stereocenters. The van der Waals surface area contributed by atoms with Crippen LogP contribution in [0.5, 0.6) is 0 Å². The summed E-state index contributed by atoms with van der Waals surface area (Å²) in [6, 6.07) is 0. The molecule has 0 aromatic rings. The Morgan fingerprint density at radius 2 is 2.00 bits per heavy atom. The molecule has 2 aliphatic carbocycles. The molecule has 4 heteroatoms. The number of carbonyl (C=O) groups is 1. The summed E-state index contributed by atoms with van der Waals surface area (Å²) in [5.41, 5.74) is -0.836. The summed E-state index contributed by atoms with van der Waals surface area (Å²) < 4.78 is 5.84. The molecule has 0 amide bonds. The highest BCUT2D eigenvalue weighted by Gasteiger charge is 2.51. The molecule has 98 valence electrons. The molecule has 0 aliphatic heterocycles. The normalized spacial score (nSPS) is 24.8. The Kier molecular flexibility index (Phi) is 4.05. The molecule has 2 aliphatic rings. The third-order valence-electron chi connectivity index (χ3n) is 4.00. The quantitative estimate of drug-likeness (QED) is 0.713. The van der Waals surface area contributed by atoms with E-state index in [4.69, 9.17) is 4.74 Å². The van der Waals surface area contributed by atoms with E-state index in [1.165, 1.54) is 12.8 Å². The van der Waals surface area contributed by atoms with Crippen molar-refractivity contribution in [2.45, 2.75) is 57.1 Å². The second-order valence-electron chi connectivity index (χ2n) is 5.30. The molecule has 2 fully saturated rings. The van der Waals surface area contributed by atoms with Crippen molar-refractivity contribution in [2.75, 3.05) is 13.2 Å². The summed E-state index contributed by atoms with van der Waals surface area (Å²) in [6.07, 6.45) is 6.91. The third kappa shape index (κ3) is 2.80. The van der Waals surface area contributed by atoms with Crippen molar-refractivity contribution in [3.8, 4) is 0 Å². The Hall–Kier alpha value is -0.610. The predicted molar refractivity (Wildman–Crippen MR) is 65.0 cm³/mol. The van der Waals surface area contributed by atoms with E-state index < -0.39 is 11.5 Å². The van der Waals surface area contributed by atoms with E-state index in [1.54, 1.807) is 0 Å². The van der Waals surface area contributed by atoms with Gasteiger partial charge in [-0.2, -0.15) is 0 Å². The first-order valence-corrected chi connectivity index (χ1v) is 6.79. The molecule has 0 heterocycles. The van der Waals surface area contributed by atoms with E-state index in [0.717, 1.165) is 25.7 Å². The molecule has 2 rings (SSSR count). The highest BCUT2D eigenvalue weighted by Crippen LogP contribution is 2.40. The Labute approximate surface area is 103 Å². The van der Waals surface area contributed by atoms with Crippen molar-refractivity contribution in [3.63, 3.8) is 0 Å². The highest BCUT2D eigenvalue weighted by atomic mass is 16.5. The molecule has 0 aromatic carbocycles. The maximum atomic E-state index is 11.6. The summed E-state index contributed by atoms with van der Waals surface area (Å²) in [7, 11) is 0. The number of nitrogens with one attached hydrogen (secondary N) is 1. The van der Waals surface area contributed by atoms with Gasteiger partial charge in [0.25, 0.3) is 0 Å². The number of carboxylic acids is 1. The zero-order chi connectivity index (χ0) is 12.3. The van der Waals surface area contributed by atoms with Crippen molar-refractivity contribution in [2.24, 2.45) is 5.92 Å². The first-order valence-electron chi connectivity index (χ1n) is 6.79. The summed E-state index contributed by atoms with van der Waals surface area (Å²) in [5.74, 6) is -0.499. The van der Waals surface area contributed by atoms with Gasteiger partial charge >= 0.3 is 5.97 Å². The molecule has 2 N–H and O–H groups in total. The van der Waals surface area contributed by atoms with Gasteiger partial charge in [-0.15, -0.1) is 0 Å². The zero-order valence-corrected chi connectivity index (χ0v) is 10.6. The summed E-state index contributed by atoms with van der Waals surface area (Å²) >= 11 is 0. The zero-order valence-electron chi connectivity index (χ0n) is 10.6. The second-order valence-corrected chi connectivity index (χ2v) is 5.30. The van der Waals surface area contributed by atoms with Crippen LogP contribution in [-0.2, 0) is 9.53 Å². The lowest BCUT2D eigenvalue weighted by Gasteiger charge is -2.31. The van der Waals surface area contributed by atoms with Crippen LogP contribution in [0.4, 0.5) is 0 Å². The number of likely N-dealkylation sites (N-methyl/N-ethyl adjacent to an activating group) is 1. The van der Waals surface area contributed by atoms with Gasteiger partial charge in [0.1, 0.15) is 5.54 Å². The second kappa shape index (κ2) is 5.36. The number of rotatable bonds is 7. The minimum Gasteiger partial charge on any atom is -0.480 e. The molecule has 2 saturated carbocycles. The summed E-state index contributed by atoms with van der Waals surface area (Å²) in [5, 5.41) is 12.7. The van der Waals surface area contributed by atoms with Crippen molar-refractivity contribution < 1.29 is 14.6 Å². The van der Waals surface area contributed by atoms with Gasteiger partial charge in [-0.05, 0) is 38.1 Å². The van der Waals surface area contributed by atoms with Crippen LogP contribution >= 0.6 is 0 Å². The van der Waals surface area contributed by atoms with Crippen LogP contribution in [0.1, 0.15) is 45.4 Å². The molecule has 0 bridgehead atoms. The molecule has 0 aromatic heterocycles. The summed E-state index contributed by atoms with van der Waals surface area (Å²) in [6.45, 7) is 2.96. The van der Waals surface area contributed by atoms with E-state index in [-0.39, 0.29) is 12.0 Å². The van der Waals surface area contributed by atoms with Gasteiger partial charge in [0.2, 0.25) is 0 Å². The molecule has 4 nitrogen and oxygen atoms in total. The highest BCUT2D eigenvalue weighted by molar-refractivity contribution is 5.80. The fourth-order valence-corrected chi connectivity index (χ4v) is 2.82. The number of hydrogen-bond donors (Lipinski definition) is 2. The van der Waals surface area contributed by atoms with Crippen LogP contribution < -0.4 is 5.32 Å². The lowest BCUT2D eigenvalue weighted by atomic mass is 9.94. The van der Waals surface area contributed by atoms with Crippen LogP contribution in [0.2, 0.25) is 0 Å². The maximum absolute atomic E-state index is 11.6. The van der Waals surface area contributed by atoms with Crippen molar-refractivity contribution in [1.29, 1.82) is 0 Å². The smallest absolute Gasteiger partial charge is 0.326 e. The average molecular weight is 241 g/mol. The minimum atomic E-state index is -0.836. The van der Waals surface area contributed by atoms with Gasteiger partial charge < -0.3 is 9.84 Å². The van der Waals surface area contributed by atoms with E-state index >= 15 is 0 Å². The lowest BCUT2D eigenvalue weighted by Crippen LogP contribution is -2.57. The lowest BCUT2D eigenvalue weighted by molar-refractivity contribution is -0.150. The largest absolute Gasteiger partial charge is 0.480 e. The topological polar surface area (TPSA) is 58.6 Å². The fraction of sp³-hybridized carbons (Fsp3) is 0.923. The van der Waals surface area contributed by atoms with Crippen LogP contribution in [0, 0.1) is 5.92 Å². The molecule has 0 saturated heterocycles. The Balaban J connectivity index is 1.95. The molecule has 17 heavy (non-hydrogen) atoms. The molecule has 1 atom stereocenters. The van der Waals surface area contributed by atoms with Crippen LogP contribution in [0.25, 0.3) is 0 Å². The number of hydrogen-bond acceptors (Lipinski definition) is 3. The van der Waals surface area contributed by atoms with Gasteiger partial charge in [-0.1, -0.05) is 19.8 Å². The SMILES string of the molecule is CCNC(COC1CCCC1)(C(=O)O)C1CC1. The van der Waals surface area contributed by atoms with Crippen LogP contribution in [0.15, 0.2) is 0 Å². The van der Waals surface area contributed by atoms with Gasteiger partial charge in [0.15, 0.2) is 0 Å². The standard InChI is InChI=1S/C13H23NO3/c1-2-14-13(12(15)16,10-7-8-10)9-17-11-5-3-4-6-11/h10-11,14H,2-9H2,1H3,(H,15,16). The van der Waals surface area contributed by atoms with Crippen molar-refractivity contribution in [1.82, 2.24) is 5.32 Å². The van der Waals surface area contributed by atoms with E-state index in [9.17, 15) is 9.90 Å². The van der Waals surface area contributed by atoms with E-state index in [1.807, 2.05) is 6.92 Å². The van der Waals surface area contributed by atoms with Gasteiger partial charge in [0.05, 0.1) is 12.7 Å². The number of aliphatic carboxylic acids is 1. The maximum Gasteiger partial charge on any atom is 0.326 e. The fourth-order valence-electron chi connectivity index (χ4n) is 2.82. The number of carboxylic acid groups (broad SMARTS) is 1. The van der Waals surface area contributed by atoms with Crippen LogP contribution in [0.3, 0.4) is 0 Å². The monoisotopic (exact) mass is 241 g/mol. The molecular formula is C13H23NO3. The Morgan fingerprint density at radius 3 is 2.47 bits per heavy atom. The average Bonchev–Trinajstić information content (AvgIpc) is 3.02. The van der Waals surface area contributed by atoms with Gasteiger partial charge in [-0.3, -0.25) is 10.1 Å². The Morgan fingerprint density at radius 1 is 1.35 bits per heavy atom. The molecular weight excluding hydrogens is 218 g/mol. The Bertz CT molecular complexity index is 272. The first kappa shape index (κ1) is 12.8. The van der Waals surface area contributed by atoms with Crippen LogP contribution in [-0.4, -0.2) is 35.9 Å². The predicted octanol–water partition coefficient (Wildman–Crippen LogP) is 1.79. The van der Waals surface area contributed by atoms with Crippen molar-refractivity contribution >= 4 is 5.97 Å². The van der Waals surface area contributed by atoms with E-state index in [0.29, 0.717) is 13.2 Å². The van der Waals surface area contributed by atoms with E-state index in [2.05, 4.69) is 5.32 Å². The first-order chi connectivity index (χ1) is 8.19. The minimum absolute atomic E-state index is 0.251. The van der Waals surface area contributed by atoms with Gasteiger partial charge in [0, 0.05) is 0 Å². The molecule has 0 radical (unpaired) electrons. The van der Waals surface area contributed by atoms with Gasteiger partial charge in [-0.25, -0.2) is 0 Å². The third-order valence-corrected chi connectivity index (χ3v) is 4.00. The molecule has 0 spiro atoms.